The fourth-order valence-electron chi connectivity index (χ4n) is 2.35. The van der Waals surface area contributed by atoms with Crippen LogP contribution in [-0.2, 0) is 4.79 Å². The van der Waals surface area contributed by atoms with Gasteiger partial charge in [0.25, 0.3) is 0 Å². The number of hydrogen-bond donors (Lipinski definition) is 2. The molecular weight excluding hydrogens is 325 g/mol. The summed E-state index contributed by atoms with van der Waals surface area (Å²) in [4.78, 5) is 12.2. The summed E-state index contributed by atoms with van der Waals surface area (Å²) in [5.74, 6) is 0.182. The lowest BCUT2D eigenvalue weighted by molar-refractivity contribution is -0.116. The molecule has 130 valence electrons. The number of halogens is 1. The maximum Gasteiger partial charge on any atom is 0.248 e. The molecule has 0 spiro atoms. The van der Waals surface area contributed by atoms with Crippen molar-refractivity contribution in [1.82, 2.24) is 14.9 Å². The van der Waals surface area contributed by atoms with Crippen LogP contribution in [0.15, 0.2) is 40.9 Å². The Balaban J connectivity index is 1.70. The molecule has 1 aromatic carbocycles. The lowest BCUT2D eigenvalue weighted by Crippen LogP contribution is -2.31. The molecule has 2 N–H and O–H groups in total. The molecule has 0 fully saturated rings. The van der Waals surface area contributed by atoms with Crippen LogP contribution < -0.4 is 10.6 Å². The molecule has 1 amide bonds. The predicted octanol–water partition coefficient (Wildman–Crippen LogP) is 3.06. The van der Waals surface area contributed by atoms with Crippen molar-refractivity contribution in [3.05, 3.63) is 53.6 Å². The van der Waals surface area contributed by atoms with E-state index in [1.54, 1.807) is 42.8 Å². The van der Waals surface area contributed by atoms with E-state index in [1.807, 2.05) is 6.92 Å². The number of aryl methyl sites for hydroxylation is 2. The Bertz CT molecular complexity index is 902. The quantitative estimate of drug-likeness (QED) is 0.744. The Labute approximate surface area is 143 Å². The first-order valence-electron chi connectivity index (χ1n) is 7.76. The van der Waals surface area contributed by atoms with Gasteiger partial charge in [-0.05, 0) is 39.0 Å². The highest BCUT2D eigenvalue weighted by Gasteiger charge is 2.17. The molecule has 7 nitrogen and oxygen atoms in total. The van der Waals surface area contributed by atoms with Crippen molar-refractivity contribution < 1.29 is 13.7 Å². The lowest BCUT2D eigenvalue weighted by atomic mass is 10.3. The van der Waals surface area contributed by atoms with Gasteiger partial charge in [-0.2, -0.15) is 5.10 Å². The Morgan fingerprint density at radius 1 is 1.28 bits per heavy atom. The molecule has 0 aliphatic heterocycles. The second-order valence-electron chi connectivity index (χ2n) is 5.75. The van der Waals surface area contributed by atoms with E-state index in [0.29, 0.717) is 17.2 Å². The van der Waals surface area contributed by atoms with E-state index in [4.69, 9.17) is 4.52 Å². The summed E-state index contributed by atoms with van der Waals surface area (Å²) < 4.78 is 20.0. The van der Waals surface area contributed by atoms with E-state index in [9.17, 15) is 9.18 Å². The molecular formula is C17H18FN5O2. The first-order valence-corrected chi connectivity index (χ1v) is 7.76. The maximum atomic E-state index is 13.4. The summed E-state index contributed by atoms with van der Waals surface area (Å²) in [5, 5.41) is 13.7. The summed E-state index contributed by atoms with van der Waals surface area (Å²) in [6, 6.07) is 9.01. The Morgan fingerprint density at radius 3 is 2.76 bits per heavy atom. The minimum Gasteiger partial charge on any atom is -0.357 e. The molecule has 8 heteroatoms. The molecule has 0 unspecified atom stereocenters. The van der Waals surface area contributed by atoms with Gasteiger partial charge in [0.05, 0.1) is 11.4 Å². The van der Waals surface area contributed by atoms with Gasteiger partial charge in [0, 0.05) is 17.8 Å². The molecule has 0 saturated heterocycles. The topological polar surface area (TPSA) is 85.0 Å². The van der Waals surface area contributed by atoms with Gasteiger partial charge in [-0.25, -0.2) is 9.07 Å². The highest BCUT2D eigenvalue weighted by Crippen LogP contribution is 2.17. The monoisotopic (exact) mass is 343 g/mol. The summed E-state index contributed by atoms with van der Waals surface area (Å²) in [6.07, 6.45) is 0. The molecule has 0 saturated carbocycles. The van der Waals surface area contributed by atoms with Crippen LogP contribution in [0.3, 0.4) is 0 Å². The second-order valence-corrected chi connectivity index (χ2v) is 5.75. The van der Waals surface area contributed by atoms with E-state index in [0.717, 1.165) is 5.69 Å². The maximum absolute atomic E-state index is 13.4. The third-order valence-electron chi connectivity index (χ3n) is 3.57. The minimum absolute atomic E-state index is 0.283. The summed E-state index contributed by atoms with van der Waals surface area (Å²) >= 11 is 0. The average Bonchev–Trinajstić information content (AvgIpc) is 3.12. The molecule has 25 heavy (non-hydrogen) atoms. The number of anilines is 2. The number of hydrogen-bond acceptors (Lipinski definition) is 5. The number of carbonyl (C=O) groups excluding carboxylic acids is 1. The largest absolute Gasteiger partial charge is 0.357 e. The van der Waals surface area contributed by atoms with Crippen LogP contribution in [0.2, 0.25) is 0 Å². The highest BCUT2D eigenvalue weighted by molar-refractivity contribution is 5.95. The number of nitrogens with zero attached hydrogens (tertiary/aromatic N) is 3. The van der Waals surface area contributed by atoms with Crippen LogP contribution in [0.25, 0.3) is 5.69 Å². The predicted molar refractivity (Wildman–Crippen MR) is 91.2 cm³/mol. The molecule has 2 aromatic heterocycles. The second kappa shape index (κ2) is 6.76. The van der Waals surface area contributed by atoms with Crippen LogP contribution >= 0.6 is 0 Å². The lowest BCUT2D eigenvalue weighted by Gasteiger charge is -2.11. The van der Waals surface area contributed by atoms with Gasteiger partial charge < -0.3 is 9.84 Å². The Kier molecular flexibility index (Phi) is 4.51. The fraction of sp³-hybridized carbons (Fsp3) is 0.235. The normalized spacial score (nSPS) is 12.0. The van der Waals surface area contributed by atoms with Crippen molar-refractivity contribution in [3.8, 4) is 5.69 Å². The van der Waals surface area contributed by atoms with Gasteiger partial charge in [-0.15, -0.1) is 0 Å². The molecule has 0 aliphatic rings. The zero-order valence-electron chi connectivity index (χ0n) is 14.1. The summed E-state index contributed by atoms with van der Waals surface area (Å²) in [5.41, 5.74) is 2.10. The smallest absolute Gasteiger partial charge is 0.248 e. The van der Waals surface area contributed by atoms with Crippen LogP contribution in [0.4, 0.5) is 16.1 Å². The van der Waals surface area contributed by atoms with E-state index in [2.05, 4.69) is 20.9 Å². The molecule has 2 heterocycles. The Morgan fingerprint density at radius 2 is 2.08 bits per heavy atom. The first kappa shape index (κ1) is 16.7. The zero-order chi connectivity index (χ0) is 18.0. The van der Waals surface area contributed by atoms with Gasteiger partial charge in [0.1, 0.15) is 17.7 Å². The van der Waals surface area contributed by atoms with Gasteiger partial charge in [0.15, 0.2) is 0 Å². The van der Waals surface area contributed by atoms with Crippen molar-refractivity contribution in [2.75, 3.05) is 10.6 Å². The van der Waals surface area contributed by atoms with E-state index in [1.165, 1.54) is 12.1 Å². The minimum atomic E-state index is -0.555. The first-order chi connectivity index (χ1) is 11.9. The standard InChI is InChI=1S/C17H18FN5O2/c1-10-7-16(25-22-10)20-17(24)12(3)19-15-8-11(2)23(21-15)14-6-4-5-13(18)9-14/h4-9,12H,1-3H3,(H,19,21)(H,20,24)/t12-/m0/s1. The molecule has 0 aliphatic carbocycles. The van der Waals surface area contributed by atoms with E-state index < -0.39 is 6.04 Å². The zero-order valence-corrected chi connectivity index (χ0v) is 14.1. The average molecular weight is 343 g/mol. The van der Waals surface area contributed by atoms with Gasteiger partial charge in [-0.1, -0.05) is 11.2 Å². The van der Waals surface area contributed by atoms with Crippen LogP contribution in [0, 0.1) is 19.7 Å². The summed E-state index contributed by atoms with van der Waals surface area (Å²) in [6.45, 7) is 5.32. The van der Waals surface area contributed by atoms with Crippen LogP contribution in [-0.4, -0.2) is 26.9 Å². The van der Waals surface area contributed by atoms with Gasteiger partial charge in [-0.3, -0.25) is 10.1 Å². The molecule has 0 radical (unpaired) electrons. The van der Waals surface area contributed by atoms with Crippen molar-refractivity contribution in [2.24, 2.45) is 0 Å². The van der Waals surface area contributed by atoms with Crippen LogP contribution in [0.1, 0.15) is 18.3 Å². The van der Waals surface area contributed by atoms with E-state index >= 15 is 0 Å². The van der Waals surface area contributed by atoms with Crippen molar-refractivity contribution in [2.45, 2.75) is 26.8 Å². The van der Waals surface area contributed by atoms with Crippen molar-refractivity contribution >= 4 is 17.6 Å². The van der Waals surface area contributed by atoms with Crippen molar-refractivity contribution in [3.63, 3.8) is 0 Å². The van der Waals surface area contributed by atoms with Crippen LogP contribution in [0.5, 0.6) is 0 Å². The van der Waals surface area contributed by atoms with E-state index in [-0.39, 0.29) is 17.6 Å². The SMILES string of the molecule is Cc1cc(NC(=O)[C@H](C)Nc2cc(C)n(-c3cccc(F)c3)n2)on1. The van der Waals surface area contributed by atoms with Crippen molar-refractivity contribution in [1.29, 1.82) is 0 Å². The number of amides is 1. The fourth-order valence-corrected chi connectivity index (χ4v) is 2.35. The number of benzene rings is 1. The third kappa shape index (κ3) is 3.85. The number of aromatic nitrogens is 3. The number of carbonyl (C=O) groups is 1. The molecule has 1 atom stereocenters. The number of rotatable bonds is 5. The van der Waals surface area contributed by atoms with Gasteiger partial charge >= 0.3 is 0 Å². The highest BCUT2D eigenvalue weighted by atomic mass is 19.1. The molecule has 3 rings (SSSR count). The molecule has 3 aromatic rings. The summed E-state index contributed by atoms with van der Waals surface area (Å²) in [7, 11) is 0. The van der Waals surface area contributed by atoms with Gasteiger partial charge in [0.2, 0.25) is 11.8 Å². The number of nitrogens with one attached hydrogen (secondary N) is 2. The third-order valence-corrected chi connectivity index (χ3v) is 3.57. The Hall–Kier alpha value is -3.16. The molecule has 0 bridgehead atoms.